The van der Waals surface area contributed by atoms with Crippen molar-refractivity contribution in [1.29, 1.82) is 0 Å². The first-order valence-electron chi connectivity index (χ1n) is 8.79. The van der Waals surface area contributed by atoms with Gasteiger partial charge in [0.2, 0.25) is 0 Å². The molecule has 4 N–H and O–H groups in total. The minimum absolute atomic E-state index is 0.435. The van der Waals surface area contributed by atoms with E-state index in [1.54, 1.807) is 6.33 Å². The van der Waals surface area contributed by atoms with Crippen LogP contribution < -0.4 is 11.5 Å². The van der Waals surface area contributed by atoms with E-state index in [2.05, 4.69) is 32.7 Å². The molecule has 6 nitrogen and oxygen atoms in total. The smallest absolute Gasteiger partial charge is 0.146 e. The van der Waals surface area contributed by atoms with Crippen molar-refractivity contribution in [2.75, 3.05) is 31.6 Å². The van der Waals surface area contributed by atoms with Gasteiger partial charge in [0.25, 0.3) is 0 Å². The number of nitrogens with zero attached hydrogens (tertiary/aromatic N) is 4. The first kappa shape index (κ1) is 15.9. The predicted octanol–water partition coefficient (Wildman–Crippen LogP) is 2.92. The maximum absolute atomic E-state index is 6.22. The molecule has 1 aliphatic rings. The lowest BCUT2D eigenvalue weighted by Crippen LogP contribution is -2.19. The Morgan fingerprint density at radius 3 is 2.64 bits per heavy atom. The highest BCUT2D eigenvalue weighted by molar-refractivity contribution is 6.00. The lowest BCUT2D eigenvalue weighted by atomic mass is 10.1. The van der Waals surface area contributed by atoms with E-state index in [1.807, 2.05) is 24.3 Å². The number of likely N-dealkylation sites (tertiary alicyclic amines) is 1. The van der Waals surface area contributed by atoms with E-state index in [1.165, 1.54) is 6.42 Å². The standard InChI is InChI=1S/C19H24N6/c1-24-9-2-3-15(8-10-24)25-11-16(13-4-6-14(20)7-5-13)17-18(21)22-12-23-19(17)25/h4-7,11-12,15H,2-3,8-10,20H2,1H3,(H2,21,22,23). The van der Waals surface area contributed by atoms with Crippen LogP contribution in [0.1, 0.15) is 25.3 Å². The largest absolute Gasteiger partial charge is 0.399 e. The Hall–Kier alpha value is -2.60. The van der Waals surface area contributed by atoms with Gasteiger partial charge in [0.15, 0.2) is 0 Å². The second kappa shape index (κ2) is 6.37. The molecule has 1 fully saturated rings. The molecule has 0 saturated carbocycles. The highest BCUT2D eigenvalue weighted by Crippen LogP contribution is 2.36. The third kappa shape index (κ3) is 2.93. The van der Waals surface area contributed by atoms with Crippen LogP contribution in [0.4, 0.5) is 11.5 Å². The topological polar surface area (TPSA) is 86.0 Å². The fourth-order valence-electron chi connectivity index (χ4n) is 3.77. The molecular formula is C19H24N6. The van der Waals surface area contributed by atoms with Gasteiger partial charge in [0.1, 0.15) is 17.8 Å². The molecular weight excluding hydrogens is 312 g/mol. The van der Waals surface area contributed by atoms with Gasteiger partial charge in [-0.15, -0.1) is 0 Å². The summed E-state index contributed by atoms with van der Waals surface area (Å²) in [5.41, 5.74) is 15.9. The first-order chi connectivity index (χ1) is 12.1. The van der Waals surface area contributed by atoms with Crippen LogP contribution in [-0.4, -0.2) is 39.6 Å². The van der Waals surface area contributed by atoms with Crippen LogP contribution in [-0.2, 0) is 0 Å². The van der Waals surface area contributed by atoms with E-state index in [4.69, 9.17) is 11.5 Å². The summed E-state index contributed by atoms with van der Waals surface area (Å²) in [5.74, 6) is 0.529. The molecule has 0 spiro atoms. The van der Waals surface area contributed by atoms with E-state index < -0.39 is 0 Å². The second-order valence-corrected chi connectivity index (χ2v) is 6.92. The number of nitrogens with two attached hydrogens (primary N) is 2. The van der Waals surface area contributed by atoms with Gasteiger partial charge in [0.05, 0.1) is 5.39 Å². The molecule has 3 heterocycles. The zero-order chi connectivity index (χ0) is 17.4. The number of fused-ring (bicyclic) bond motifs is 1. The molecule has 0 bridgehead atoms. The number of hydrogen-bond donors (Lipinski definition) is 2. The van der Waals surface area contributed by atoms with Gasteiger partial charge >= 0.3 is 0 Å². The monoisotopic (exact) mass is 336 g/mol. The molecule has 2 aromatic heterocycles. The van der Waals surface area contributed by atoms with E-state index >= 15 is 0 Å². The normalized spacial score (nSPS) is 19.2. The van der Waals surface area contributed by atoms with Gasteiger partial charge in [-0.3, -0.25) is 0 Å². The van der Waals surface area contributed by atoms with Crippen LogP contribution in [0.2, 0.25) is 0 Å². The van der Waals surface area contributed by atoms with Crippen molar-refractivity contribution < 1.29 is 0 Å². The van der Waals surface area contributed by atoms with Crippen LogP contribution >= 0.6 is 0 Å². The van der Waals surface area contributed by atoms with Crippen LogP contribution in [0.3, 0.4) is 0 Å². The summed E-state index contributed by atoms with van der Waals surface area (Å²) >= 11 is 0. The van der Waals surface area contributed by atoms with E-state index in [9.17, 15) is 0 Å². The quantitative estimate of drug-likeness (QED) is 0.703. The summed E-state index contributed by atoms with van der Waals surface area (Å²) in [4.78, 5) is 11.2. The Kier molecular flexibility index (Phi) is 4.05. The molecule has 4 rings (SSSR count). The molecule has 3 aromatic rings. The molecule has 0 amide bonds. The Bertz CT molecular complexity index is 883. The Morgan fingerprint density at radius 2 is 1.84 bits per heavy atom. The van der Waals surface area contributed by atoms with E-state index in [0.29, 0.717) is 11.9 Å². The summed E-state index contributed by atoms with van der Waals surface area (Å²) < 4.78 is 2.30. The zero-order valence-electron chi connectivity index (χ0n) is 14.5. The van der Waals surface area contributed by atoms with E-state index in [0.717, 1.165) is 53.8 Å². The zero-order valence-corrected chi connectivity index (χ0v) is 14.5. The molecule has 1 unspecified atom stereocenters. The summed E-state index contributed by atoms with van der Waals surface area (Å²) in [6, 6.07) is 8.33. The van der Waals surface area contributed by atoms with Gasteiger partial charge in [0, 0.05) is 23.5 Å². The fourth-order valence-corrected chi connectivity index (χ4v) is 3.77. The van der Waals surface area contributed by atoms with Crippen LogP contribution in [0.15, 0.2) is 36.8 Å². The SMILES string of the molecule is CN1CCCC(n2cc(-c3ccc(N)cc3)c3c(N)ncnc32)CC1. The number of nitrogen functional groups attached to an aromatic ring is 2. The van der Waals surface area contributed by atoms with Gasteiger partial charge in [-0.1, -0.05) is 12.1 Å². The average Bonchev–Trinajstić information content (AvgIpc) is 2.86. The lowest BCUT2D eigenvalue weighted by molar-refractivity contribution is 0.342. The molecule has 1 atom stereocenters. The van der Waals surface area contributed by atoms with Gasteiger partial charge < -0.3 is 20.9 Å². The molecule has 1 aliphatic heterocycles. The highest BCUT2D eigenvalue weighted by Gasteiger charge is 2.22. The summed E-state index contributed by atoms with van der Waals surface area (Å²) in [5, 5.41) is 0.935. The van der Waals surface area contributed by atoms with Crippen molar-refractivity contribution in [3.63, 3.8) is 0 Å². The number of rotatable bonds is 2. The summed E-state index contributed by atoms with van der Waals surface area (Å²) in [6.45, 7) is 2.25. The predicted molar refractivity (Wildman–Crippen MR) is 102 cm³/mol. The maximum atomic E-state index is 6.22. The number of hydrogen-bond acceptors (Lipinski definition) is 5. The molecule has 25 heavy (non-hydrogen) atoms. The maximum Gasteiger partial charge on any atom is 0.146 e. The molecule has 0 radical (unpaired) electrons. The summed E-state index contributed by atoms with van der Waals surface area (Å²) in [7, 11) is 2.19. The second-order valence-electron chi connectivity index (χ2n) is 6.92. The molecule has 6 heteroatoms. The first-order valence-corrected chi connectivity index (χ1v) is 8.79. The Labute approximate surface area is 147 Å². The Morgan fingerprint density at radius 1 is 1.04 bits per heavy atom. The van der Waals surface area contributed by atoms with Gasteiger partial charge in [-0.2, -0.15) is 0 Å². The van der Waals surface area contributed by atoms with Crippen molar-refractivity contribution in [1.82, 2.24) is 19.4 Å². The average molecular weight is 336 g/mol. The van der Waals surface area contributed by atoms with Crippen LogP contribution in [0, 0.1) is 0 Å². The molecule has 0 aliphatic carbocycles. The fraction of sp³-hybridized carbons (Fsp3) is 0.368. The van der Waals surface area contributed by atoms with Crippen LogP contribution in [0.5, 0.6) is 0 Å². The molecule has 1 aromatic carbocycles. The highest BCUT2D eigenvalue weighted by atomic mass is 15.1. The Balaban J connectivity index is 1.85. The lowest BCUT2D eigenvalue weighted by Gasteiger charge is -2.17. The van der Waals surface area contributed by atoms with Crippen molar-refractivity contribution in [2.45, 2.75) is 25.3 Å². The van der Waals surface area contributed by atoms with Gasteiger partial charge in [-0.25, -0.2) is 9.97 Å². The third-order valence-electron chi connectivity index (χ3n) is 5.17. The third-order valence-corrected chi connectivity index (χ3v) is 5.17. The van der Waals surface area contributed by atoms with Crippen LogP contribution in [0.25, 0.3) is 22.2 Å². The summed E-state index contributed by atoms with van der Waals surface area (Å²) in [6.07, 6.45) is 7.21. The molecule has 1 saturated heterocycles. The minimum Gasteiger partial charge on any atom is -0.399 e. The van der Waals surface area contributed by atoms with Crippen molar-refractivity contribution in [3.8, 4) is 11.1 Å². The number of anilines is 2. The van der Waals surface area contributed by atoms with Gasteiger partial charge in [-0.05, 0) is 57.1 Å². The number of benzene rings is 1. The van der Waals surface area contributed by atoms with Crippen molar-refractivity contribution >= 4 is 22.5 Å². The van der Waals surface area contributed by atoms with Crippen molar-refractivity contribution in [3.05, 3.63) is 36.8 Å². The molecule has 130 valence electrons. The van der Waals surface area contributed by atoms with E-state index in [-0.39, 0.29) is 0 Å². The van der Waals surface area contributed by atoms with Crippen molar-refractivity contribution in [2.24, 2.45) is 0 Å². The minimum atomic E-state index is 0.435. The number of aromatic nitrogens is 3.